The first-order valence-electron chi connectivity index (χ1n) is 8.71. The van der Waals surface area contributed by atoms with Gasteiger partial charge in [0.2, 0.25) is 0 Å². The lowest BCUT2D eigenvalue weighted by Crippen LogP contribution is -2.24. The van der Waals surface area contributed by atoms with Crippen LogP contribution in [-0.4, -0.2) is 25.3 Å². The lowest BCUT2D eigenvalue weighted by molar-refractivity contribution is -0.123. The minimum absolute atomic E-state index is 0.135. The molecule has 146 valence electrons. The lowest BCUT2D eigenvalue weighted by Gasteiger charge is -2.07. The summed E-state index contributed by atoms with van der Waals surface area (Å²) in [6, 6.07) is 13.6. The van der Waals surface area contributed by atoms with E-state index in [9.17, 15) is 9.59 Å². The molecule has 3 aromatic rings. The monoisotopic (exact) mass is 390 g/mol. The first kappa shape index (κ1) is 19.7. The zero-order valence-electron chi connectivity index (χ0n) is 15.7. The number of rotatable bonds is 7. The summed E-state index contributed by atoms with van der Waals surface area (Å²) in [5, 5.41) is 4.70. The summed E-state index contributed by atoms with van der Waals surface area (Å²) in [6.45, 7) is 1.70. The maximum atomic E-state index is 12.0. The second-order valence-corrected chi connectivity index (χ2v) is 6.02. The van der Waals surface area contributed by atoms with E-state index in [2.05, 4.69) is 16.4 Å². The van der Waals surface area contributed by atoms with Gasteiger partial charge in [0.05, 0.1) is 6.21 Å². The zero-order valence-corrected chi connectivity index (χ0v) is 15.7. The Balaban J connectivity index is 1.58. The normalized spacial score (nSPS) is 10.6. The highest BCUT2D eigenvalue weighted by atomic mass is 16.5. The molecule has 7 nitrogen and oxygen atoms in total. The van der Waals surface area contributed by atoms with Crippen molar-refractivity contribution >= 4 is 23.1 Å². The number of aryl methyl sites for hydroxylation is 1. The minimum atomic E-state index is -0.450. The van der Waals surface area contributed by atoms with Crippen molar-refractivity contribution in [2.45, 2.75) is 6.92 Å². The molecule has 1 N–H and O–H groups in total. The van der Waals surface area contributed by atoms with Crippen LogP contribution in [0.2, 0.25) is 0 Å². The molecule has 0 fully saturated rings. The Hall–Kier alpha value is -4.05. The van der Waals surface area contributed by atoms with Gasteiger partial charge in [-0.1, -0.05) is 18.1 Å². The minimum Gasteiger partial charge on any atom is -0.484 e. The number of carbonyl (C=O) groups excluding carboxylic acids is 1. The van der Waals surface area contributed by atoms with Crippen molar-refractivity contribution in [2.75, 3.05) is 13.2 Å². The highest BCUT2D eigenvalue weighted by Gasteiger charge is 2.06. The number of fused-ring (bicyclic) bond motifs is 1. The van der Waals surface area contributed by atoms with E-state index in [1.165, 1.54) is 12.3 Å². The molecule has 0 saturated heterocycles. The standard InChI is InChI=1S/C22H18N2O5/c1-3-10-27-19-7-5-4-6-16(19)13-23-24-21(25)14-28-17-8-9-18-15(2)11-22(26)29-20(18)12-17/h1,4-9,11-13H,10,14H2,2H3,(H,24,25)/b23-13-. The molecular formula is C22H18N2O5. The van der Waals surface area contributed by atoms with Gasteiger partial charge in [0.25, 0.3) is 5.91 Å². The van der Waals surface area contributed by atoms with Crippen LogP contribution in [0.3, 0.4) is 0 Å². The number of hydrogen-bond acceptors (Lipinski definition) is 6. The Morgan fingerprint density at radius 2 is 2.07 bits per heavy atom. The van der Waals surface area contributed by atoms with E-state index in [0.29, 0.717) is 22.6 Å². The molecule has 29 heavy (non-hydrogen) atoms. The number of amides is 1. The van der Waals surface area contributed by atoms with E-state index in [1.54, 1.807) is 30.3 Å². The zero-order chi connectivity index (χ0) is 20.6. The van der Waals surface area contributed by atoms with Gasteiger partial charge < -0.3 is 13.9 Å². The predicted octanol–water partition coefficient (Wildman–Crippen LogP) is 2.64. The number of terminal acetylenes is 1. The molecule has 0 radical (unpaired) electrons. The van der Waals surface area contributed by atoms with Crippen LogP contribution < -0.4 is 20.5 Å². The highest BCUT2D eigenvalue weighted by Crippen LogP contribution is 2.22. The molecule has 7 heteroatoms. The first-order valence-corrected chi connectivity index (χ1v) is 8.71. The fraction of sp³-hybridized carbons (Fsp3) is 0.136. The first-order chi connectivity index (χ1) is 14.1. The topological polar surface area (TPSA) is 90.1 Å². The lowest BCUT2D eigenvalue weighted by atomic mass is 10.1. The van der Waals surface area contributed by atoms with E-state index in [-0.39, 0.29) is 13.2 Å². The summed E-state index contributed by atoms with van der Waals surface area (Å²) < 4.78 is 16.0. The molecule has 0 unspecified atom stereocenters. The van der Waals surface area contributed by atoms with Crippen molar-refractivity contribution < 1.29 is 18.7 Å². The summed E-state index contributed by atoms with van der Waals surface area (Å²) in [5.41, 5.74) is 3.81. The second kappa shape index (κ2) is 9.24. The van der Waals surface area contributed by atoms with Crippen LogP contribution in [0.5, 0.6) is 11.5 Å². The molecule has 0 aliphatic carbocycles. The Morgan fingerprint density at radius 3 is 2.90 bits per heavy atom. The highest BCUT2D eigenvalue weighted by molar-refractivity contribution is 5.85. The number of nitrogens with one attached hydrogen (secondary N) is 1. The fourth-order valence-corrected chi connectivity index (χ4v) is 2.59. The largest absolute Gasteiger partial charge is 0.484 e. The van der Waals surface area contributed by atoms with Gasteiger partial charge in [-0.05, 0) is 36.8 Å². The van der Waals surface area contributed by atoms with Crippen molar-refractivity contribution in [3.05, 3.63) is 70.1 Å². The smallest absolute Gasteiger partial charge is 0.336 e. The summed E-state index contributed by atoms with van der Waals surface area (Å²) in [5.74, 6) is 2.90. The average molecular weight is 390 g/mol. The van der Waals surface area contributed by atoms with Crippen LogP contribution in [0.25, 0.3) is 11.0 Å². The van der Waals surface area contributed by atoms with Gasteiger partial charge in [-0.3, -0.25) is 4.79 Å². The van der Waals surface area contributed by atoms with E-state index < -0.39 is 11.5 Å². The van der Waals surface area contributed by atoms with Gasteiger partial charge >= 0.3 is 5.63 Å². The van der Waals surface area contributed by atoms with Gasteiger partial charge in [-0.15, -0.1) is 6.42 Å². The number of hydrazone groups is 1. The van der Waals surface area contributed by atoms with Gasteiger partial charge in [0.15, 0.2) is 6.61 Å². The second-order valence-electron chi connectivity index (χ2n) is 6.02. The number of ether oxygens (including phenoxy) is 2. The molecule has 1 aromatic heterocycles. The molecule has 0 aliphatic heterocycles. The molecule has 0 saturated carbocycles. The molecule has 0 atom stereocenters. The third kappa shape index (κ3) is 5.23. The molecule has 0 aliphatic rings. The number of nitrogens with zero attached hydrogens (tertiary/aromatic N) is 1. The molecule has 1 amide bonds. The van der Waals surface area contributed by atoms with Crippen LogP contribution in [0.1, 0.15) is 11.1 Å². The van der Waals surface area contributed by atoms with Crippen molar-refractivity contribution in [3.8, 4) is 23.8 Å². The predicted molar refractivity (Wildman–Crippen MR) is 109 cm³/mol. The van der Waals surface area contributed by atoms with E-state index in [1.807, 2.05) is 19.1 Å². The summed E-state index contributed by atoms with van der Waals surface area (Å²) in [4.78, 5) is 23.4. The van der Waals surface area contributed by atoms with Crippen molar-refractivity contribution in [2.24, 2.45) is 5.10 Å². The number of para-hydroxylation sites is 1. The molecule has 2 aromatic carbocycles. The number of benzene rings is 2. The van der Waals surface area contributed by atoms with Crippen molar-refractivity contribution in [1.29, 1.82) is 0 Å². The number of hydrogen-bond donors (Lipinski definition) is 1. The maximum Gasteiger partial charge on any atom is 0.336 e. The Labute approximate surface area is 166 Å². The van der Waals surface area contributed by atoms with Crippen LogP contribution in [0.4, 0.5) is 0 Å². The maximum absolute atomic E-state index is 12.0. The van der Waals surface area contributed by atoms with Crippen LogP contribution >= 0.6 is 0 Å². The van der Waals surface area contributed by atoms with E-state index in [0.717, 1.165) is 10.9 Å². The van der Waals surface area contributed by atoms with Crippen molar-refractivity contribution in [1.82, 2.24) is 5.43 Å². The van der Waals surface area contributed by atoms with Gasteiger partial charge in [-0.25, -0.2) is 10.2 Å². The molecule has 0 bridgehead atoms. The Kier molecular flexibility index (Phi) is 6.28. The summed E-state index contributed by atoms with van der Waals surface area (Å²) in [6.07, 6.45) is 6.65. The third-order valence-corrected chi connectivity index (χ3v) is 3.92. The van der Waals surface area contributed by atoms with Gasteiger partial charge in [0.1, 0.15) is 23.7 Å². The quantitative estimate of drug-likeness (QED) is 0.290. The number of carbonyl (C=O) groups is 1. The summed E-state index contributed by atoms with van der Waals surface area (Å²) >= 11 is 0. The van der Waals surface area contributed by atoms with Gasteiger partial charge in [-0.2, -0.15) is 5.10 Å². The van der Waals surface area contributed by atoms with Crippen LogP contribution in [0, 0.1) is 19.3 Å². The van der Waals surface area contributed by atoms with Crippen LogP contribution in [-0.2, 0) is 4.79 Å². The molecular weight excluding hydrogens is 372 g/mol. The SMILES string of the molecule is C#CCOc1ccccc1/C=N\NC(=O)COc1ccc2c(C)cc(=O)oc2c1. The summed E-state index contributed by atoms with van der Waals surface area (Å²) in [7, 11) is 0. The van der Waals surface area contributed by atoms with Crippen molar-refractivity contribution in [3.63, 3.8) is 0 Å². The van der Waals surface area contributed by atoms with E-state index >= 15 is 0 Å². The average Bonchev–Trinajstić information content (AvgIpc) is 2.71. The molecule has 1 heterocycles. The Morgan fingerprint density at radius 1 is 1.24 bits per heavy atom. The van der Waals surface area contributed by atoms with Gasteiger partial charge in [0, 0.05) is 23.1 Å². The van der Waals surface area contributed by atoms with Crippen LogP contribution in [0.15, 0.2) is 62.8 Å². The fourth-order valence-electron chi connectivity index (χ4n) is 2.59. The molecule has 0 spiro atoms. The Bertz CT molecular complexity index is 1160. The third-order valence-electron chi connectivity index (χ3n) is 3.92. The van der Waals surface area contributed by atoms with E-state index in [4.69, 9.17) is 20.3 Å². The molecule has 3 rings (SSSR count).